The van der Waals surface area contributed by atoms with Crippen molar-refractivity contribution in [2.75, 3.05) is 0 Å². The second-order valence-corrected chi connectivity index (χ2v) is 8.35. The molecule has 1 N–H and O–H groups in total. The zero-order chi connectivity index (χ0) is 22.5. The van der Waals surface area contributed by atoms with Gasteiger partial charge in [0.25, 0.3) is 0 Å². The predicted octanol–water partition coefficient (Wildman–Crippen LogP) is 7.77. The van der Waals surface area contributed by atoms with Crippen LogP contribution in [0.1, 0.15) is 37.4 Å². The number of halogens is 1. The summed E-state index contributed by atoms with van der Waals surface area (Å²) in [7, 11) is 0. The molecule has 0 radical (unpaired) electrons. The van der Waals surface area contributed by atoms with Crippen LogP contribution in [0.3, 0.4) is 0 Å². The molecular weight excluding hydrogens is 416 g/mol. The topological polar surface area (TPSA) is 37.5 Å². The summed E-state index contributed by atoms with van der Waals surface area (Å²) in [5.41, 5.74) is 3.92. The van der Waals surface area contributed by atoms with E-state index in [0.717, 1.165) is 39.8 Å². The van der Waals surface area contributed by atoms with Gasteiger partial charge in [-0.3, -0.25) is 4.99 Å². The molecule has 3 nitrogen and oxygen atoms in total. The molecule has 0 amide bonds. The SMILES string of the molecule is C=C/C(Cl)=C\CC(C)NC(=NC(C)c1ccccc1)c1cccc2oc3ccccc3c12. The lowest BCUT2D eigenvalue weighted by molar-refractivity contribution is 0.664. The summed E-state index contributed by atoms with van der Waals surface area (Å²) in [6.45, 7) is 7.96. The fourth-order valence-electron chi connectivity index (χ4n) is 3.82. The summed E-state index contributed by atoms with van der Waals surface area (Å²) in [5, 5.41) is 6.44. The van der Waals surface area contributed by atoms with Crippen molar-refractivity contribution in [3.05, 3.63) is 108 Å². The van der Waals surface area contributed by atoms with Gasteiger partial charge < -0.3 is 9.73 Å². The zero-order valence-corrected chi connectivity index (χ0v) is 19.1. The summed E-state index contributed by atoms with van der Waals surface area (Å²) >= 11 is 6.13. The van der Waals surface area contributed by atoms with Crippen LogP contribution in [0.4, 0.5) is 0 Å². The number of benzene rings is 3. The molecule has 0 aliphatic heterocycles. The van der Waals surface area contributed by atoms with Crippen molar-refractivity contribution >= 4 is 39.4 Å². The largest absolute Gasteiger partial charge is 0.456 e. The lowest BCUT2D eigenvalue weighted by atomic mass is 10.0. The second kappa shape index (κ2) is 9.88. The van der Waals surface area contributed by atoms with Crippen LogP contribution < -0.4 is 5.32 Å². The number of nitrogens with zero attached hydrogens (tertiary/aromatic N) is 1. The number of hydrogen-bond donors (Lipinski definition) is 1. The van der Waals surface area contributed by atoms with E-state index in [9.17, 15) is 0 Å². The highest BCUT2D eigenvalue weighted by Gasteiger charge is 2.17. The average Bonchev–Trinajstić information content (AvgIpc) is 3.21. The normalized spacial score (nSPS) is 14.5. The molecule has 162 valence electrons. The minimum atomic E-state index is -0.00775. The molecule has 0 saturated carbocycles. The van der Waals surface area contributed by atoms with Crippen LogP contribution in [0.2, 0.25) is 0 Å². The third-order valence-corrected chi connectivity index (χ3v) is 5.82. The number of fused-ring (bicyclic) bond motifs is 3. The molecule has 1 aromatic heterocycles. The Morgan fingerprint density at radius 2 is 1.72 bits per heavy atom. The molecule has 2 atom stereocenters. The highest BCUT2D eigenvalue weighted by atomic mass is 35.5. The Balaban J connectivity index is 1.80. The van der Waals surface area contributed by atoms with Gasteiger partial charge in [-0.25, -0.2) is 0 Å². The van der Waals surface area contributed by atoms with Crippen LogP contribution in [0, 0.1) is 0 Å². The molecule has 3 aromatic carbocycles. The Morgan fingerprint density at radius 3 is 2.50 bits per heavy atom. The highest BCUT2D eigenvalue weighted by Crippen LogP contribution is 2.32. The van der Waals surface area contributed by atoms with Crippen molar-refractivity contribution in [1.29, 1.82) is 0 Å². The quantitative estimate of drug-likeness (QED) is 0.180. The maximum atomic E-state index is 6.13. The van der Waals surface area contributed by atoms with Gasteiger partial charge in [0.05, 0.1) is 6.04 Å². The first-order valence-electron chi connectivity index (χ1n) is 10.8. The van der Waals surface area contributed by atoms with E-state index in [1.54, 1.807) is 6.08 Å². The van der Waals surface area contributed by atoms with E-state index in [1.807, 2.05) is 54.6 Å². The van der Waals surface area contributed by atoms with Crippen molar-refractivity contribution in [3.8, 4) is 0 Å². The minimum absolute atomic E-state index is 0.00775. The summed E-state index contributed by atoms with van der Waals surface area (Å²) in [5.74, 6) is 0.842. The minimum Gasteiger partial charge on any atom is -0.456 e. The van der Waals surface area contributed by atoms with E-state index in [1.165, 1.54) is 5.56 Å². The van der Waals surface area contributed by atoms with Gasteiger partial charge in [-0.2, -0.15) is 0 Å². The van der Waals surface area contributed by atoms with Crippen LogP contribution in [-0.4, -0.2) is 11.9 Å². The molecule has 0 spiro atoms. The number of amidine groups is 1. The van der Waals surface area contributed by atoms with Crippen molar-refractivity contribution in [1.82, 2.24) is 5.32 Å². The van der Waals surface area contributed by atoms with Crippen molar-refractivity contribution in [3.63, 3.8) is 0 Å². The van der Waals surface area contributed by atoms with Gasteiger partial charge in [-0.05, 0) is 38.0 Å². The Morgan fingerprint density at radius 1 is 1.00 bits per heavy atom. The van der Waals surface area contributed by atoms with Gasteiger partial charge in [0.2, 0.25) is 0 Å². The van der Waals surface area contributed by atoms with Crippen LogP contribution in [0.25, 0.3) is 21.9 Å². The van der Waals surface area contributed by atoms with E-state index >= 15 is 0 Å². The van der Waals surface area contributed by atoms with Crippen molar-refractivity contribution < 1.29 is 4.42 Å². The van der Waals surface area contributed by atoms with Gasteiger partial charge in [-0.1, -0.05) is 91.0 Å². The van der Waals surface area contributed by atoms with E-state index in [0.29, 0.717) is 5.03 Å². The molecule has 0 aliphatic rings. The monoisotopic (exact) mass is 442 g/mol. The second-order valence-electron chi connectivity index (χ2n) is 7.92. The molecule has 32 heavy (non-hydrogen) atoms. The molecule has 0 fully saturated rings. The Labute approximate surface area is 194 Å². The third-order valence-electron chi connectivity index (χ3n) is 5.51. The van der Waals surface area contributed by atoms with E-state index in [4.69, 9.17) is 21.0 Å². The molecule has 4 rings (SSSR count). The lowest BCUT2D eigenvalue weighted by Crippen LogP contribution is -2.33. The fraction of sp³-hybridized carbons (Fsp3) is 0.179. The van der Waals surface area contributed by atoms with Crippen molar-refractivity contribution in [2.24, 2.45) is 4.99 Å². The van der Waals surface area contributed by atoms with Crippen LogP contribution >= 0.6 is 11.6 Å². The molecule has 4 aromatic rings. The number of aliphatic imine (C=N–C) groups is 1. The highest BCUT2D eigenvalue weighted by molar-refractivity contribution is 6.31. The Kier molecular flexibility index (Phi) is 6.77. The lowest BCUT2D eigenvalue weighted by Gasteiger charge is -2.19. The number of furan rings is 1. The Bertz CT molecular complexity index is 1290. The summed E-state index contributed by atoms with van der Waals surface area (Å²) in [6, 6.07) is 24.7. The van der Waals surface area contributed by atoms with Crippen LogP contribution in [0.15, 0.2) is 106 Å². The maximum absolute atomic E-state index is 6.13. The van der Waals surface area contributed by atoms with Crippen molar-refractivity contribution in [2.45, 2.75) is 32.4 Å². The maximum Gasteiger partial charge on any atom is 0.136 e. The Hall–Kier alpha value is -3.30. The molecule has 0 bridgehead atoms. The van der Waals surface area contributed by atoms with Gasteiger partial charge in [0.1, 0.15) is 17.0 Å². The van der Waals surface area contributed by atoms with Gasteiger partial charge in [-0.15, -0.1) is 0 Å². The molecule has 0 aliphatic carbocycles. The molecule has 0 saturated heterocycles. The van der Waals surface area contributed by atoms with Crippen LogP contribution in [0.5, 0.6) is 0 Å². The van der Waals surface area contributed by atoms with Gasteiger partial charge >= 0.3 is 0 Å². The zero-order valence-electron chi connectivity index (χ0n) is 18.4. The number of nitrogens with one attached hydrogen (secondary N) is 1. The number of allylic oxidation sites excluding steroid dienone is 2. The molecule has 4 heteroatoms. The van der Waals surface area contributed by atoms with Crippen LogP contribution in [-0.2, 0) is 0 Å². The standard InChI is InChI=1S/C28H27ClN2O/c1-4-22(29)18-17-19(2)30-28(31-20(3)21-11-6-5-7-12-21)24-14-10-16-26-27(24)23-13-8-9-15-25(23)32-26/h4-16,18-20H,1,17H2,2-3H3,(H,30,31)/b22-18+. The fourth-order valence-corrected chi connectivity index (χ4v) is 3.91. The summed E-state index contributed by atoms with van der Waals surface area (Å²) in [6.07, 6.45) is 4.38. The molecular formula is C28H27ClN2O. The summed E-state index contributed by atoms with van der Waals surface area (Å²) < 4.78 is 6.11. The number of hydrogen-bond acceptors (Lipinski definition) is 2. The smallest absolute Gasteiger partial charge is 0.136 e. The van der Waals surface area contributed by atoms with E-state index < -0.39 is 0 Å². The molecule has 1 heterocycles. The molecule has 2 unspecified atom stereocenters. The van der Waals surface area contributed by atoms with E-state index in [-0.39, 0.29) is 12.1 Å². The first-order valence-corrected chi connectivity index (χ1v) is 11.2. The third kappa shape index (κ3) is 4.79. The van der Waals surface area contributed by atoms with Gasteiger partial charge in [0, 0.05) is 27.4 Å². The number of para-hydroxylation sites is 1. The van der Waals surface area contributed by atoms with E-state index in [2.05, 4.69) is 50.0 Å². The predicted molar refractivity (Wildman–Crippen MR) is 136 cm³/mol. The average molecular weight is 443 g/mol. The first-order chi connectivity index (χ1) is 15.6. The first kappa shape index (κ1) is 21.9. The van der Waals surface area contributed by atoms with Gasteiger partial charge in [0.15, 0.2) is 0 Å². The number of rotatable bonds is 7. The summed E-state index contributed by atoms with van der Waals surface area (Å²) in [4.78, 5) is 5.13.